The Morgan fingerprint density at radius 2 is 1.14 bits per heavy atom. The SMILES string of the molecule is CCCCCC(CC)C(N)(CCCCC)CCCCC.O. The fraction of sp³-hybridized carbons (Fsp3) is 1.00. The van der Waals surface area contributed by atoms with Gasteiger partial charge in [-0.2, -0.15) is 0 Å². The van der Waals surface area contributed by atoms with Crippen molar-refractivity contribution >= 4 is 0 Å². The van der Waals surface area contributed by atoms with Crippen molar-refractivity contribution in [3.05, 3.63) is 0 Å². The molecule has 0 fully saturated rings. The second-order valence-corrected chi connectivity index (χ2v) is 6.75. The highest BCUT2D eigenvalue weighted by Gasteiger charge is 2.32. The van der Waals surface area contributed by atoms with Crippen molar-refractivity contribution in [2.45, 2.75) is 117 Å². The molecule has 0 aliphatic heterocycles. The van der Waals surface area contributed by atoms with E-state index in [1.807, 2.05) is 0 Å². The highest BCUT2D eigenvalue weighted by Crippen LogP contribution is 2.33. The Morgan fingerprint density at radius 3 is 1.52 bits per heavy atom. The van der Waals surface area contributed by atoms with Crippen molar-refractivity contribution in [2.24, 2.45) is 11.7 Å². The van der Waals surface area contributed by atoms with Crippen LogP contribution >= 0.6 is 0 Å². The molecule has 0 bridgehead atoms. The molecular weight excluding hydrogens is 258 g/mol. The monoisotopic (exact) mass is 301 g/mol. The Hall–Kier alpha value is -0.0800. The summed E-state index contributed by atoms with van der Waals surface area (Å²) < 4.78 is 0. The van der Waals surface area contributed by atoms with Gasteiger partial charge in [-0.15, -0.1) is 0 Å². The van der Waals surface area contributed by atoms with Gasteiger partial charge in [0.1, 0.15) is 0 Å². The van der Waals surface area contributed by atoms with E-state index in [4.69, 9.17) is 5.73 Å². The van der Waals surface area contributed by atoms with Gasteiger partial charge in [0.15, 0.2) is 0 Å². The molecule has 0 aliphatic rings. The Balaban J connectivity index is 0. The fourth-order valence-corrected chi connectivity index (χ4v) is 3.48. The van der Waals surface area contributed by atoms with E-state index in [1.165, 1.54) is 83.5 Å². The number of unbranched alkanes of at least 4 members (excludes halogenated alkanes) is 6. The van der Waals surface area contributed by atoms with Gasteiger partial charge in [-0.3, -0.25) is 0 Å². The van der Waals surface area contributed by atoms with E-state index >= 15 is 0 Å². The third-order valence-electron chi connectivity index (χ3n) is 4.95. The highest BCUT2D eigenvalue weighted by atomic mass is 16.0. The summed E-state index contributed by atoms with van der Waals surface area (Å²) in [4.78, 5) is 0. The van der Waals surface area contributed by atoms with E-state index in [9.17, 15) is 0 Å². The van der Waals surface area contributed by atoms with Crippen LogP contribution in [-0.2, 0) is 0 Å². The number of hydrogen-bond acceptors (Lipinski definition) is 1. The van der Waals surface area contributed by atoms with E-state index in [2.05, 4.69) is 27.7 Å². The molecule has 0 aromatic rings. The van der Waals surface area contributed by atoms with Gasteiger partial charge in [-0.05, 0) is 25.2 Å². The molecule has 130 valence electrons. The first-order chi connectivity index (χ1) is 9.64. The summed E-state index contributed by atoms with van der Waals surface area (Å²) in [5.74, 6) is 0.739. The quantitative estimate of drug-likeness (QED) is 0.415. The van der Waals surface area contributed by atoms with Crippen molar-refractivity contribution in [1.82, 2.24) is 0 Å². The van der Waals surface area contributed by atoms with E-state index in [1.54, 1.807) is 0 Å². The predicted molar refractivity (Wildman–Crippen MR) is 96.7 cm³/mol. The van der Waals surface area contributed by atoms with E-state index in [0.717, 1.165) is 5.92 Å². The van der Waals surface area contributed by atoms with Crippen LogP contribution in [0.5, 0.6) is 0 Å². The zero-order valence-electron chi connectivity index (χ0n) is 15.3. The van der Waals surface area contributed by atoms with Gasteiger partial charge < -0.3 is 11.2 Å². The van der Waals surface area contributed by atoms with Crippen LogP contribution in [0.2, 0.25) is 0 Å². The Morgan fingerprint density at radius 1 is 0.714 bits per heavy atom. The smallest absolute Gasteiger partial charge is 0.0182 e. The molecule has 2 nitrogen and oxygen atoms in total. The van der Waals surface area contributed by atoms with Crippen LogP contribution in [0.15, 0.2) is 0 Å². The maximum absolute atomic E-state index is 6.92. The van der Waals surface area contributed by atoms with Crippen molar-refractivity contribution < 1.29 is 5.48 Å². The molecule has 1 atom stereocenters. The lowest BCUT2D eigenvalue weighted by atomic mass is 9.73. The molecule has 2 heteroatoms. The topological polar surface area (TPSA) is 57.5 Å². The van der Waals surface area contributed by atoms with Crippen molar-refractivity contribution in [1.29, 1.82) is 0 Å². The molecule has 0 spiro atoms. The average molecular weight is 302 g/mol. The molecule has 1 unspecified atom stereocenters. The summed E-state index contributed by atoms with van der Waals surface area (Å²) in [7, 11) is 0. The lowest BCUT2D eigenvalue weighted by molar-refractivity contribution is 0.200. The van der Waals surface area contributed by atoms with Crippen LogP contribution in [0.1, 0.15) is 111 Å². The van der Waals surface area contributed by atoms with E-state index < -0.39 is 0 Å². The minimum absolute atomic E-state index is 0. The van der Waals surface area contributed by atoms with Crippen LogP contribution in [0.25, 0.3) is 0 Å². The lowest BCUT2D eigenvalue weighted by Gasteiger charge is -2.38. The fourth-order valence-electron chi connectivity index (χ4n) is 3.48. The summed E-state index contributed by atoms with van der Waals surface area (Å²) in [5, 5.41) is 0. The van der Waals surface area contributed by atoms with Crippen molar-refractivity contribution in [3.8, 4) is 0 Å². The molecule has 21 heavy (non-hydrogen) atoms. The Bertz CT molecular complexity index is 196. The molecule has 0 rings (SSSR count). The van der Waals surface area contributed by atoms with Gasteiger partial charge in [0.25, 0.3) is 0 Å². The maximum atomic E-state index is 6.92. The molecule has 0 amide bonds. The van der Waals surface area contributed by atoms with Crippen LogP contribution in [0.4, 0.5) is 0 Å². The van der Waals surface area contributed by atoms with Gasteiger partial charge in [0.05, 0.1) is 0 Å². The second kappa shape index (κ2) is 14.8. The van der Waals surface area contributed by atoms with Gasteiger partial charge in [-0.25, -0.2) is 0 Å². The average Bonchev–Trinajstić information content (AvgIpc) is 2.44. The number of rotatable bonds is 14. The predicted octanol–water partition coefficient (Wildman–Crippen LogP) is 5.63. The van der Waals surface area contributed by atoms with Gasteiger partial charge in [0.2, 0.25) is 0 Å². The normalized spacial score (nSPS) is 13.0. The first-order valence-corrected chi connectivity index (χ1v) is 9.43. The van der Waals surface area contributed by atoms with Crippen molar-refractivity contribution in [2.75, 3.05) is 0 Å². The summed E-state index contributed by atoms with van der Waals surface area (Å²) in [6.07, 6.45) is 17.1. The molecule has 4 N–H and O–H groups in total. The van der Waals surface area contributed by atoms with E-state index in [-0.39, 0.29) is 11.0 Å². The molecule has 0 aromatic heterocycles. The second-order valence-electron chi connectivity index (χ2n) is 6.75. The highest BCUT2D eigenvalue weighted by molar-refractivity contribution is 4.90. The van der Waals surface area contributed by atoms with Crippen LogP contribution in [0.3, 0.4) is 0 Å². The van der Waals surface area contributed by atoms with Crippen LogP contribution in [-0.4, -0.2) is 11.0 Å². The minimum atomic E-state index is 0. The molecule has 0 radical (unpaired) electrons. The van der Waals surface area contributed by atoms with Gasteiger partial charge in [0, 0.05) is 5.54 Å². The first kappa shape index (κ1) is 23.2. The van der Waals surface area contributed by atoms with Gasteiger partial charge in [-0.1, -0.05) is 91.9 Å². The maximum Gasteiger partial charge on any atom is 0.0182 e. The van der Waals surface area contributed by atoms with Crippen LogP contribution in [0, 0.1) is 5.92 Å². The summed E-state index contributed by atoms with van der Waals surface area (Å²) in [6.45, 7) is 9.21. The molecule has 0 saturated heterocycles. The van der Waals surface area contributed by atoms with E-state index in [0.29, 0.717) is 0 Å². The molecule has 0 saturated carbocycles. The summed E-state index contributed by atoms with van der Waals surface area (Å²) >= 11 is 0. The number of nitrogens with two attached hydrogens (primary N) is 1. The minimum Gasteiger partial charge on any atom is -0.412 e. The summed E-state index contributed by atoms with van der Waals surface area (Å²) in [5.41, 5.74) is 7.03. The molecule has 0 aromatic carbocycles. The largest absolute Gasteiger partial charge is 0.412 e. The first-order valence-electron chi connectivity index (χ1n) is 9.43. The number of hydrogen-bond donors (Lipinski definition) is 1. The third kappa shape index (κ3) is 10.3. The Labute approximate surface area is 134 Å². The standard InChI is InChI=1S/C19H41N.H2O/c1-5-9-12-15-18(8-4)19(20,16-13-10-6-2)17-14-11-7-3;/h18H,5-17,20H2,1-4H3;1H2. The van der Waals surface area contributed by atoms with Gasteiger partial charge >= 0.3 is 0 Å². The van der Waals surface area contributed by atoms with Crippen LogP contribution < -0.4 is 5.73 Å². The summed E-state index contributed by atoms with van der Waals surface area (Å²) in [6, 6.07) is 0. The molecular formula is C19H43NO. The zero-order valence-corrected chi connectivity index (χ0v) is 15.3. The van der Waals surface area contributed by atoms with Crippen molar-refractivity contribution in [3.63, 3.8) is 0 Å². The lowest BCUT2D eigenvalue weighted by Crippen LogP contribution is -2.47. The molecule has 0 heterocycles. The molecule has 0 aliphatic carbocycles. The Kier molecular flexibility index (Phi) is 16.4. The zero-order chi connectivity index (χ0) is 15.3. The third-order valence-corrected chi connectivity index (χ3v) is 4.95.